The highest BCUT2D eigenvalue weighted by Crippen LogP contribution is 2.14. The van der Waals surface area contributed by atoms with E-state index in [1.165, 1.54) is 12.1 Å². The summed E-state index contributed by atoms with van der Waals surface area (Å²) in [5.41, 5.74) is 0.592. The van der Waals surface area contributed by atoms with E-state index < -0.39 is 11.7 Å². The molecule has 2 N–H and O–H groups in total. The van der Waals surface area contributed by atoms with Crippen LogP contribution in [0.4, 0.5) is 10.1 Å². The minimum absolute atomic E-state index is 0.0125. The lowest BCUT2D eigenvalue weighted by Gasteiger charge is -2.11. The Bertz CT molecular complexity index is 965. The second-order valence-corrected chi connectivity index (χ2v) is 6.33. The van der Waals surface area contributed by atoms with E-state index in [-0.39, 0.29) is 10.8 Å². The van der Waals surface area contributed by atoms with Gasteiger partial charge in [-0.2, -0.15) is 0 Å². The molecule has 1 amide bonds. The summed E-state index contributed by atoms with van der Waals surface area (Å²) in [6.45, 7) is 0.777. The average Bonchev–Trinajstić information content (AvgIpc) is 2.74. The van der Waals surface area contributed by atoms with Crippen molar-refractivity contribution in [2.75, 3.05) is 18.5 Å². The number of benzene rings is 3. The van der Waals surface area contributed by atoms with Gasteiger partial charge in [-0.25, -0.2) is 4.39 Å². The van der Waals surface area contributed by atoms with Crippen LogP contribution >= 0.6 is 12.2 Å². The van der Waals surface area contributed by atoms with Gasteiger partial charge in [-0.1, -0.05) is 30.3 Å². The van der Waals surface area contributed by atoms with E-state index in [1.807, 2.05) is 30.3 Å². The van der Waals surface area contributed by atoms with Gasteiger partial charge in [-0.15, -0.1) is 0 Å². The minimum atomic E-state index is -0.457. The van der Waals surface area contributed by atoms with Crippen LogP contribution in [-0.4, -0.2) is 24.2 Å². The molecule has 3 aromatic rings. The lowest BCUT2D eigenvalue weighted by atomic mass is 10.2. The predicted molar refractivity (Wildman–Crippen MR) is 114 cm³/mol. The van der Waals surface area contributed by atoms with Crippen molar-refractivity contribution < 1.29 is 18.7 Å². The smallest absolute Gasteiger partial charge is 0.257 e. The SMILES string of the molecule is O=C(NC(=S)Nc1ccccc1F)c1ccc(OCCOc2ccccc2)cc1. The molecule has 0 atom stereocenters. The Morgan fingerprint density at radius 3 is 2.07 bits per heavy atom. The molecule has 0 aliphatic carbocycles. The highest BCUT2D eigenvalue weighted by atomic mass is 32.1. The summed E-state index contributed by atoms with van der Waals surface area (Å²) in [4.78, 5) is 12.3. The molecule has 0 bridgehead atoms. The number of carbonyl (C=O) groups excluding carboxylic acids is 1. The van der Waals surface area contributed by atoms with Crippen LogP contribution in [0.3, 0.4) is 0 Å². The van der Waals surface area contributed by atoms with Crippen molar-refractivity contribution in [1.29, 1.82) is 0 Å². The Balaban J connectivity index is 1.44. The van der Waals surface area contributed by atoms with Gasteiger partial charge in [0, 0.05) is 5.56 Å². The molecule has 0 aliphatic rings. The largest absolute Gasteiger partial charge is 0.490 e. The van der Waals surface area contributed by atoms with Crippen molar-refractivity contribution >= 4 is 28.9 Å². The molecule has 3 aromatic carbocycles. The van der Waals surface area contributed by atoms with Crippen molar-refractivity contribution in [2.24, 2.45) is 0 Å². The van der Waals surface area contributed by atoms with E-state index in [0.29, 0.717) is 24.5 Å². The zero-order valence-electron chi connectivity index (χ0n) is 15.4. The fourth-order valence-corrected chi connectivity index (χ4v) is 2.63. The van der Waals surface area contributed by atoms with E-state index in [9.17, 15) is 9.18 Å². The second kappa shape index (κ2) is 10.2. The summed E-state index contributed by atoms with van der Waals surface area (Å²) in [5, 5.41) is 5.18. The molecule has 7 heteroatoms. The van der Waals surface area contributed by atoms with E-state index in [0.717, 1.165) is 5.75 Å². The molecule has 0 saturated carbocycles. The number of anilines is 1. The molecule has 148 valence electrons. The van der Waals surface area contributed by atoms with Gasteiger partial charge in [0.25, 0.3) is 5.91 Å². The number of carbonyl (C=O) groups is 1. The number of nitrogens with one attached hydrogen (secondary N) is 2. The van der Waals surface area contributed by atoms with Crippen LogP contribution < -0.4 is 20.1 Å². The van der Waals surface area contributed by atoms with E-state index in [4.69, 9.17) is 21.7 Å². The first-order valence-corrected chi connectivity index (χ1v) is 9.30. The van der Waals surface area contributed by atoms with Crippen LogP contribution in [0, 0.1) is 5.82 Å². The molecule has 0 heterocycles. The van der Waals surface area contributed by atoms with Crippen LogP contribution in [-0.2, 0) is 0 Å². The molecule has 0 unspecified atom stereocenters. The van der Waals surface area contributed by atoms with E-state index in [2.05, 4.69) is 10.6 Å². The van der Waals surface area contributed by atoms with Crippen molar-refractivity contribution in [1.82, 2.24) is 5.32 Å². The fourth-order valence-electron chi connectivity index (χ4n) is 2.43. The van der Waals surface area contributed by atoms with Crippen molar-refractivity contribution in [3.63, 3.8) is 0 Å². The lowest BCUT2D eigenvalue weighted by Crippen LogP contribution is -2.34. The lowest BCUT2D eigenvalue weighted by molar-refractivity contribution is 0.0977. The summed E-state index contributed by atoms with van der Waals surface area (Å²) in [6.07, 6.45) is 0. The maximum Gasteiger partial charge on any atom is 0.257 e. The van der Waals surface area contributed by atoms with Gasteiger partial charge in [0.1, 0.15) is 30.5 Å². The highest BCUT2D eigenvalue weighted by molar-refractivity contribution is 7.80. The number of para-hydroxylation sites is 2. The van der Waals surface area contributed by atoms with Gasteiger partial charge in [0.2, 0.25) is 0 Å². The quantitative estimate of drug-likeness (QED) is 0.446. The summed E-state index contributed by atoms with van der Waals surface area (Å²) < 4.78 is 24.8. The third-order valence-electron chi connectivity index (χ3n) is 3.83. The van der Waals surface area contributed by atoms with Crippen molar-refractivity contribution in [3.8, 4) is 11.5 Å². The Labute approximate surface area is 173 Å². The molecular weight excluding hydrogens is 391 g/mol. The summed E-state index contributed by atoms with van der Waals surface area (Å²) in [6, 6.07) is 22.1. The number of halogens is 1. The Morgan fingerprint density at radius 2 is 1.41 bits per heavy atom. The molecule has 3 rings (SSSR count). The first kappa shape index (κ1) is 20.3. The van der Waals surface area contributed by atoms with Gasteiger partial charge < -0.3 is 14.8 Å². The van der Waals surface area contributed by atoms with Gasteiger partial charge in [-0.3, -0.25) is 10.1 Å². The van der Waals surface area contributed by atoms with Crippen molar-refractivity contribution in [3.05, 3.63) is 90.2 Å². The first-order valence-electron chi connectivity index (χ1n) is 8.89. The van der Waals surface area contributed by atoms with Crippen LogP contribution in [0.1, 0.15) is 10.4 Å². The molecule has 0 fully saturated rings. The topological polar surface area (TPSA) is 59.6 Å². The third kappa shape index (κ3) is 6.29. The van der Waals surface area contributed by atoms with Crippen LogP contribution in [0.2, 0.25) is 0 Å². The van der Waals surface area contributed by atoms with Gasteiger partial charge in [-0.05, 0) is 60.7 Å². The van der Waals surface area contributed by atoms with Gasteiger partial charge in [0.05, 0.1) is 5.69 Å². The monoisotopic (exact) mass is 410 g/mol. The van der Waals surface area contributed by atoms with Gasteiger partial charge >= 0.3 is 0 Å². The maximum absolute atomic E-state index is 13.6. The number of ether oxygens (including phenoxy) is 2. The third-order valence-corrected chi connectivity index (χ3v) is 4.03. The standard InChI is InChI=1S/C22H19FN2O3S/c23-19-8-4-5-9-20(19)24-22(29)25-21(26)16-10-12-18(13-11-16)28-15-14-27-17-6-2-1-3-7-17/h1-13H,14-15H2,(H2,24,25,26,29). The zero-order chi connectivity index (χ0) is 20.5. The van der Waals surface area contributed by atoms with E-state index >= 15 is 0 Å². The molecule has 0 radical (unpaired) electrons. The van der Waals surface area contributed by atoms with Gasteiger partial charge in [0.15, 0.2) is 5.11 Å². The van der Waals surface area contributed by atoms with Crippen LogP contribution in [0.15, 0.2) is 78.9 Å². The number of hydrogen-bond donors (Lipinski definition) is 2. The molecular formula is C22H19FN2O3S. The highest BCUT2D eigenvalue weighted by Gasteiger charge is 2.09. The second-order valence-electron chi connectivity index (χ2n) is 5.92. The number of hydrogen-bond acceptors (Lipinski definition) is 4. The summed E-state index contributed by atoms with van der Waals surface area (Å²) in [5.74, 6) is 0.535. The Hall–Kier alpha value is -3.45. The zero-order valence-corrected chi connectivity index (χ0v) is 16.2. The van der Waals surface area contributed by atoms with Crippen LogP contribution in [0.25, 0.3) is 0 Å². The Morgan fingerprint density at radius 1 is 0.828 bits per heavy atom. The predicted octanol–water partition coefficient (Wildman–Crippen LogP) is 4.41. The summed E-state index contributed by atoms with van der Waals surface area (Å²) in [7, 11) is 0. The molecule has 29 heavy (non-hydrogen) atoms. The fraction of sp³-hybridized carbons (Fsp3) is 0.0909. The van der Waals surface area contributed by atoms with E-state index in [1.54, 1.807) is 36.4 Å². The molecule has 0 saturated heterocycles. The normalized spacial score (nSPS) is 10.1. The Kier molecular flexibility index (Phi) is 7.13. The maximum atomic E-state index is 13.6. The number of amides is 1. The molecule has 0 aromatic heterocycles. The summed E-state index contributed by atoms with van der Waals surface area (Å²) >= 11 is 5.06. The minimum Gasteiger partial charge on any atom is -0.490 e. The number of thiocarbonyl (C=S) groups is 1. The van der Waals surface area contributed by atoms with Crippen LogP contribution in [0.5, 0.6) is 11.5 Å². The molecule has 0 spiro atoms. The first-order chi connectivity index (χ1) is 14.1. The molecule has 5 nitrogen and oxygen atoms in total. The van der Waals surface area contributed by atoms with Crippen molar-refractivity contribution in [2.45, 2.75) is 0 Å². The average molecular weight is 410 g/mol. The number of rotatable bonds is 7. The molecule has 0 aliphatic heterocycles.